The smallest absolute Gasteiger partial charge is 0.339 e. The van der Waals surface area contributed by atoms with Gasteiger partial charge in [0, 0.05) is 12.2 Å². The van der Waals surface area contributed by atoms with Crippen molar-refractivity contribution in [2.24, 2.45) is 5.10 Å². The molecule has 0 aliphatic heterocycles. The molecular formula is C22H23N5O6. The third kappa shape index (κ3) is 5.79. The predicted molar refractivity (Wildman–Crippen MR) is 122 cm³/mol. The summed E-state index contributed by atoms with van der Waals surface area (Å²) in [5, 5.41) is 16.7. The second-order valence-corrected chi connectivity index (χ2v) is 6.78. The van der Waals surface area contributed by atoms with Crippen LogP contribution in [0, 0.1) is 0 Å². The maximum Gasteiger partial charge on any atom is 0.339 e. The number of anilines is 1. The van der Waals surface area contributed by atoms with E-state index < -0.39 is 23.2 Å². The number of carbonyl (C=O) groups is 1. The van der Waals surface area contributed by atoms with Crippen LogP contribution in [0.15, 0.2) is 63.2 Å². The van der Waals surface area contributed by atoms with Crippen LogP contribution >= 0.6 is 0 Å². The van der Waals surface area contributed by atoms with Gasteiger partial charge in [-0.15, -0.1) is 0 Å². The number of hydrazone groups is 1. The van der Waals surface area contributed by atoms with E-state index >= 15 is 0 Å². The second-order valence-electron chi connectivity index (χ2n) is 6.78. The number of nitrogens with zero attached hydrogens (tertiary/aromatic N) is 2. The Hall–Kier alpha value is -4.54. The largest absolute Gasteiger partial charge is 0.494 e. The third-order valence-electron chi connectivity index (χ3n) is 4.67. The van der Waals surface area contributed by atoms with Gasteiger partial charge in [0.05, 0.1) is 20.4 Å². The number of ether oxygens (including phenoxy) is 2. The van der Waals surface area contributed by atoms with Gasteiger partial charge in [-0.3, -0.25) is 14.3 Å². The van der Waals surface area contributed by atoms with Gasteiger partial charge in [0.15, 0.2) is 11.5 Å². The maximum atomic E-state index is 12.2. The fraction of sp³-hybridized carbons (Fsp3) is 0.182. The number of aromatic hydroxyl groups is 1. The number of benzene rings is 2. The summed E-state index contributed by atoms with van der Waals surface area (Å²) < 4.78 is 11.5. The molecule has 0 unspecified atom stereocenters. The van der Waals surface area contributed by atoms with Crippen LogP contribution in [0.25, 0.3) is 0 Å². The summed E-state index contributed by atoms with van der Waals surface area (Å²) in [4.78, 5) is 38.4. The van der Waals surface area contributed by atoms with Crippen LogP contribution in [0.2, 0.25) is 0 Å². The molecule has 1 aromatic heterocycles. The Morgan fingerprint density at radius 1 is 1.12 bits per heavy atom. The first-order chi connectivity index (χ1) is 15.9. The third-order valence-corrected chi connectivity index (χ3v) is 4.67. The van der Waals surface area contributed by atoms with Gasteiger partial charge in [-0.1, -0.05) is 24.3 Å². The van der Waals surface area contributed by atoms with Gasteiger partial charge in [-0.2, -0.15) is 5.10 Å². The lowest BCUT2D eigenvalue weighted by molar-refractivity contribution is 0.252. The molecule has 172 valence electrons. The van der Waals surface area contributed by atoms with Crippen molar-refractivity contribution in [3.63, 3.8) is 0 Å². The lowest BCUT2D eigenvalue weighted by Gasteiger charge is -2.12. The van der Waals surface area contributed by atoms with Gasteiger partial charge in [-0.05, 0) is 36.2 Å². The molecule has 0 spiro atoms. The first kappa shape index (κ1) is 23.1. The Morgan fingerprint density at radius 2 is 1.85 bits per heavy atom. The van der Waals surface area contributed by atoms with E-state index in [1.54, 1.807) is 48.5 Å². The molecule has 0 aliphatic rings. The highest BCUT2D eigenvalue weighted by atomic mass is 16.5. The minimum Gasteiger partial charge on any atom is -0.494 e. The van der Waals surface area contributed by atoms with Gasteiger partial charge < -0.3 is 19.9 Å². The van der Waals surface area contributed by atoms with E-state index in [1.165, 1.54) is 14.2 Å². The molecule has 1 heterocycles. The molecule has 0 saturated heterocycles. The number of hydrogen-bond donors (Lipinski definition) is 4. The fourth-order valence-corrected chi connectivity index (χ4v) is 3.01. The van der Waals surface area contributed by atoms with Crippen molar-refractivity contribution in [2.45, 2.75) is 13.0 Å². The first-order valence-electron chi connectivity index (χ1n) is 9.85. The molecule has 2 aromatic carbocycles. The van der Waals surface area contributed by atoms with E-state index in [4.69, 9.17) is 9.47 Å². The quantitative estimate of drug-likeness (QED) is 0.301. The Kier molecular flexibility index (Phi) is 7.47. The normalized spacial score (nSPS) is 10.7. The van der Waals surface area contributed by atoms with E-state index in [0.717, 1.165) is 16.3 Å². The summed E-state index contributed by atoms with van der Waals surface area (Å²) in [6.45, 7) is 0.0691. The summed E-state index contributed by atoms with van der Waals surface area (Å²) in [6.07, 6.45) is 1.32. The van der Waals surface area contributed by atoms with Crippen LogP contribution in [0.4, 0.5) is 10.5 Å². The number of aryl methyl sites for hydroxylation is 1. The lowest BCUT2D eigenvalue weighted by Crippen LogP contribution is -2.33. The first-order valence-corrected chi connectivity index (χ1v) is 9.85. The standard InChI is InChI=1S/C22H23N5O6/c1-32-17-9-8-14(12-18(17)33-2)10-11-27-20(29)16(19(28)25-22(27)31)13-23-26-21(30)24-15-6-4-3-5-7-15/h3-9,12-13,29H,10-11H2,1-2H3,(H2,24,26,30)(H,25,28,31)/b23-13+. The number of carbonyl (C=O) groups excluding carboxylic acids is 1. The zero-order chi connectivity index (χ0) is 23.8. The van der Waals surface area contributed by atoms with E-state index in [0.29, 0.717) is 23.6 Å². The molecule has 0 aliphatic carbocycles. The zero-order valence-electron chi connectivity index (χ0n) is 18.0. The van der Waals surface area contributed by atoms with Crippen molar-refractivity contribution in [3.05, 3.63) is 80.5 Å². The average Bonchev–Trinajstić information content (AvgIpc) is 2.81. The molecule has 2 amide bonds. The molecule has 0 atom stereocenters. The van der Waals surface area contributed by atoms with Gasteiger partial charge in [0.2, 0.25) is 5.88 Å². The highest BCUT2D eigenvalue weighted by Crippen LogP contribution is 2.27. The van der Waals surface area contributed by atoms with E-state index in [9.17, 15) is 19.5 Å². The molecule has 33 heavy (non-hydrogen) atoms. The van der Waals surface area contributed by atoms with Gasteiger partial charge >= 0.3 is 11.7 Å². The van der Waals surface area contributed by atoms with Crippen LogP contribution in [0.3, 0.4) is 0 Å². The number of aromatic nitrogens is 2. The molecular weight excluding hydrogens is 430 g/mol. The summed E-state index contributed by atoms with van der Waals surface area (Å²) >= 11 is 0. The van der Waals surface area contributed by atoms with Crippen LogP contribution < -0.4 is 31.5 Å². The molecule has 0 saturated carbocycles. The van der Waals surface area contributed by atoms with Gasteiger partial charge in [-0.25, -0.2) is 15.0 Å². The summed E-state index contributed by atoms with van der Waals surface area (Å²) in [6, 6.07) is 13.3. The number of rotatable bonds is 8. The molecule has 11 nitrogen and oxygen atoms in total. The lowest BCUT2D eigenvalue weighted by atomic mass is 10.1. The summed E-state index contributed by atoms with van der Waals surface area (Å²) in [5.74, 6) is 0.520. The molecule has 3 aromatic rings. The highest BCUT2D eigenvalue weighted by molar-refractivity contribution is 5.90. The maximum absolute atomic E-state index is 12.2. The number of methoxy groups -OCH3 is 2. The van der Waals surface area contributed by atoms with Crippen LogP contribution in [-0.2, 0) is 13.0 Å². The van der Waals surface area contributed by atoms with E-state index in [1.807, 2.05) is 0 Å². The minimum absolute atomic E-state index is 0.0691. The Balaban J connectivity index is 1.73. The fourth-order valence-electron chi connectivity index (χ4n) is 3.01. The Labute approximate surface area is 188 Å². The number of para-hydroxylation sites is 1. The number of hydrogen-bond acceptors (Lipinski definition) is 7. The molecule has 0 fully saturated rings. The molecule has 0 bridgehead atoms. The van der Waals surface area contributed by atoms with Crippen LogP contribution in [0.1, 0.15) is 11.1 Å². The molecule has 3 rings (SSSR count). The monoisotopic (exact) mass is 453 g/mol. The minimum atomic E-state index is -0.839. The highest BCUT2D eigenvalue weighted by Gasteiger charge is 2.13. The van der Waals surface area contributed by atoms with E-state index in [2.05, 4.69) is 20.8 Å². The number of urea groups is 1. The van der Waals surface area contributed by atoms with Crippen LogP contribution in [0.5, 0.6) is 17.4 Å². The van der Waals surface area contributed by atoms with Crippen molar-refractivity contribution in [3.8, 4) is 17.4 Å². The Morgan fingerprint density at radius 3 is 2.55 bits per heavy atom. The predicted octanol–water partition coefficient (Wildman–Crippen LogP) is 1.66. The van der Waals surface area contributed by atoms with Crippen molar-refractivity contribution >= 4 is 17.9 Å². The van der Waals surface area contributed by atoms with Crippen molar-refractivity contribution in [1.82, 2.24) is 15.0 Å². The van der Waals surface area contributed by atoms with Crippen molar-refractivity contribution in [1.29, 1.82) is 0 Å². The van der Waals surface area contributed by atoms with Gasteiger partial charge in [0.1, 0.15) is 5.56 Å². The van der Waals surface area contributed by atoms with Crippen LogP contribution in [-0.4, -0.2) is 41.1 Å². The van der Waals surface area contributed by atoms with Gasteiger partial charge in [0.25, 0.3) is 5.56 Å². The molecule has 0 radical (unpaired) electrons. The number of aromatic amines is 1. The van der Waals surface area contributed by atoms with Crippen molar-refractivity contribution in [2.75, 3.05) is 19.5 Å². The number of nitrogens with one attached hydrogen (secondary N) is 3. The average molecular weight is 453 g/mol. The topological polar surface area (TPSA) is 147 Å². The summed E-state index contributed by atoms with van der Waals surface area (Å²) in [5.41, 5.74) is 1.67. The molecule has 11 heteroatoms. The Bertz CT molecular complexity index is 1270. The number of amides is 2. The zero-order valence-corrected chi connectivity index (χ0v) is 18.0. The number of H-pyrrole nitrogens is 1. The molecule has 4 N–H and O–H groups in total. The van der Waals surface area contributed by atoms with E-state index in [-0.39, 0.29) is 12.1 Å². The van der Waals surface area contributed by atoms with Crippen molar-refractivity contribution < 1.29 is 19.4 Å². The second kappa shape index (κ2) is 10.7. The SMILES string of the molecule is COc1ccc(CCn2c(O)c(/C=N/NC(=O)Nc3ccccc3)c(=O)[nH]c2=O)cc1OC. The summed E-state index contributed by atoms with van der Waals surface area (Å²) in [7, 11) is 3.04.